The predicted molar refractivity (Wildman–Crippen MR) is 68.7 cm³/mol. The van der Waals surface area contributed by atoms with Crippen LogP contribution >= 0.6 is 22.3 Å². The summed E-state index contributed by atoms with van der Waals surface area (Å²) in [4.78, 5) is 0. The second kappa shape index (κ2) is 5.39. The number of halogens is 2. The van der Waals surface area contributed by atoms with E-state index in [2.05, 4.69) is 0 Å². The SMILES string of the molecule is CC(C)C(CS(=O)(=O)Cl)c1cccc(Cl)c1. The normalized spacial score (nSPS) is 14.1. The lowest BCUT2D eigenvalue weighted by atomic mass is 9.90. The Morgan fingerprint density at radius 2 is 1.94 bits per heavy atom. The van der Waals surface area contributed by atoms with Crippen molar-refractivity contribution in [1.82, 2.24) is 0 Å². The molecule has 0 saturated carbocycles. The van der Waals surface area contributed by atoms with Crippen molar-refractivity contribution in [2.24, 2.45) is 5.92 Å². The topological polar surface area (TPSA) is 34.1 Å². The second-order valence-corrected chi connectivity index (χ2v) is 7.37. The van der Waals surface area contributed by atoms with E-state index in [9.17, 15) is 8.42 Å². The lowest BCUT2D eigenvalue weighted by Gasteiger charge is -2.19. The highest BCUT2D eigenvalue weighted by atomic mass is 35.7. The van der Waals surface area contributed by atoms with E-state index in [1.165, 1.54) is 0 Å². The zero-order valence-corrected chi connectivity index (χ0v) is 11.5. The van der Waals surface area contributed by atoms with Gasteiger partial charge < -0.3 is 0 Å². The molecule has 1 rings (SSSR count). The van der Waals surface area contributed by atoms with Gasteiger partial charge in [0.2, 0.25) is 9.05 Å². The molecule has 5 heteroatoms. The fourth-order valence-corrected chi connectivity index (χ4v) is 3.24. The van der Waals surface area contributed by atoms with E-state index in [-0.39, 0.29) is 17.6 Å². The Morgan fingerprint density at radius 1 is 1.31 bits per heavy atom. The van der Waals surface area contributed by atoms with Crippen LogP contribution in [0.5, 0.6) is 0 Å². The summed E-state index contributed by atoms with van der Waals surface area (Å²) < 4.78 is 22.3. The van der Waals surface area contributed by atoms with Crippen LogP contribution in [0.2, 0.25) is 5.02 Å². The van der Waals surface area contributed by atoms with E-state index in [4.69, 9.17) is 22.3 Å². The smallest absolute Gasteiger partial charge is 0.212 e. The summed E-state index contributed by atoms with van der Waals surface area (Å²) >= 11 is 5.88. The Bertz CT molecular complexity index is 455. The van der Waals surface area contributed by atoms with Gasteiger partial charge in [-0.15, -0.1) is 0 Å². The van der Waals surface area contributed by atoms with Gasteiger partial charge >= 0.3 is 0 Å². The molecule has 0 aliphatic heterocycles. The van der Waals surface area contributed by atoms with Gasteiger partial charge in [0.15, 0.2) is 0 Å². The Hall–Kier alpha value is -0.250. The Kier molecular flexibility index (Phi) is 4.65. The van der Waals surface area contributed by atoms with Crippen molar-refractivity contribution in [3.63, 3.8) is 0 Å². The van der Waals surface area contributed by atoms with Crippen LogP contribution in [0.3, 0.4) is 0 Å². The summed E-state index contributed by atoms with van der Waals surface area (Å²) in [6, 6.07) is 7.23. The fourth-order valence-electron chi connectivity index (χ4n) is 1.63. The average molecular weight is 281 g/mol. The molecule has 0 aliphatic rings. The molecule has 0 radical (unpaired) electrons. The van der Waals surface area contributed by atoms with Gasteiger partial charge in [-0.2, -0.15) is 0 Å². The fraction of sp³-hybridized carbons (Fsp3) is 0.455. The van der Waals surface area contributed by atoms with Crippen molar-refractivity contribution in [2.45, 2.75) is 19.8 Å². The molecule has 0 saturated heterocycles. The summed E-state index contributed by atoms with van der Waals surface area (Å²) in [7, 11) is 1.80. The first-order valence-corrected chi connectivity index (χ1v) is 7.83. The quantitative estimate of drug-likeness (QED) is 0.789. The van der Waals surface area contributed by atoms with Crippen LogP contribution in [0.4, 0.5) is 0 Å². The van der Waals surface area contributed by atoms with E-state index >= 15 is 0 Å². The van der Waals surface area contributed by atoms with Crippen molar-refractivity contribution < 1.29 is 8.42 Å². The minimum atomic E-state index is -3.50. The van der Waals surface area contributed by atoms with Gasteiger partial charge in [0.1, 0.15) is 0 Å². The number of benzene rings is 1. The highest BCUT2D eigenvalue weighted by Crippen LogP contribution is 2.28. The zero-order chi connectivity index (χ0) is 12.3. The molecule has 0 amide bonds. The van der Waals surface area contributed by atoms with E-state index in [0.29, 0.717) is 5.02 Å². The Morgan fingerprint density at radius 3 is 2.38 bits per heavy atom. The maximum atomic E-state index is 11.1. The third kappa shape index (κ3) is 4.32. The summed E-state index contributed by atoms with van der Waals surface area (Å²) in [5.74, 6) is 0.000208. The van der Waals surface area contributed by atoms with E-state index < -0.39 is 9.05 Å². The van der Waals surface area contributed by atoms with Crippen LogP contribution in [-0.2, 0) is 9.05 Å². The van der Waals surface area contributed by atoms with Gasteiger partial charge in [-0.1, -0.05) is 37.6 Å². The van der Waals surface area contributed by atoms with E-state index in [0.717, 1.165) is 5.56 Å². The highest BCUT2D eigenvalue weighted by Gasteiger charge is 2.22. The van der Waals surface area contributed by atoms with E-state index in [1.807, 2.05) is 26.0 Å². The van der Waals surface area contributed by atoms with Crippen molar-refractivity contribution in [3.8, 4) is 0 Å². The van der Waals surface area contributed by atoms with Gasteiger partial charge in [0, 0.05) is 21.6 Å². The first-order chi connectivity index (χ1) is 7.29. The maximum absolute atomic E-state index is 11.1. The predicted octanol–water partition coefficient (Wildman–Crippen LogP) is 3.65. The molecule has 0 spiro atoms. The van der Waals surface area contributed by atoms with E-state index in [1.54, 1.807) is 12.1 Å². The number of hydrogen-bond donors (Lipinski definition) is 0. The molecule has 1 aromatic rings. The van der Waals surface area contributed by atoms with Crippen LogP contribution < -0.4 is 0 Å². The first kappa shape index (κ1) is 13.8. The number of rotatable bonds is 4. The van der Waals surface area contributed by atoms with Gasteiger partial charge in [0.25, 0.3) is 0 Å². The molecule has 0 heterocycles. The molecular formula is C11H14Cl2O2S. The zero-order valence-electron chi connectivity index (χ0n) is 9.15. The molecule has 0 bridgehead atoms. The van der Waals surface area contributed by atoms with Crippen molar-refractivity contribution in [3.05, 3.63) is 34.9 Å². The van der Waals surface area contributed by atoms with Crippen LogP contribution in [0.25, 0.3) is 0 Å². The summed E-state index contributed by atoms with van der Waals surface area (Å²) in [5, 5.41) is 0.607. The maximum Gasteiger partial charge on any atom is 0.233 e. The standard InChI is InChI=1S/C11H14Cl2O2S/c1-8(2)11(7-16(13,14)15)9-4-3-5-10(12)6-9/h3-6,8,11H,7H2,1-2H3. The molecule has 1 unspecified atom stereocenters. The van der Waals surface area contributed by atoms with Crippen LogP contribution in [-0.4, -0.2) is 14.2 Å². The van der Waals surface area contributed by atoms with Gasteiger partial charge in [-0.3, -0.25) is 0 Å². The molecule has 0 N–H and O–H groups in total. The van der Waals surface area contributed by atoms with Gasteiger partial charge in [-0.25, -0.2) is 8.42 Å². The van der Waals surface area contributed by atoms with Crippen LogP contribution in [0.15, 0.2) is 24.3 Å². The average Bonchev–Trinajstić information content (AvgIpc) is 2.12. The van der Waals surface area contributed by atoms with Crippen LogP contribution in [0.1, 0.15) is 25.3 Å². The molecule has 0 aromatic heterocycles. The minimum Gasteiger partial charge on any atom is -0.212 e. The molecule has 90 valence electrons. The molecule has 0 fully saturated rings. The summed E-state index contributed by atoms with van der Waals surface area (Å²) in [6.45, 7) is 3.93. The monoisotopic (exact) mass is 280 g/mol. The molecule has 1 aromatic carbocycles. The van der Waals surface area contributed by atoms with Crippen molar-refractivity contribution in [1.29, 1.82) is 0 Å². The minimum absolute atomic E-state index is 0.0629. The third-order valence-electron chi connectivity index (χ3n) is 2.46. The number of hydrogen-bond acceptors (Lipinski definition) is 2. The highest BCUT2D eigenvalue weighted by molar-refractivity contribution is 8.13. The van der Waals surface area contributed by atoms with Crippen LogP contribution in [0, 0.1) is 5.92 Å². The molecule has 0 aliphatic carbocycles. The lowest BCUT2D eigenvalue weighted by molar-refractivity contribution is 0.525. The largest absolute Gasteiger partial charge is 0.233 e. The second-order valence-electron chi connectivity index (χ2n) is 4.11. The summed E-state index contributed by atoms with van der Waals surface area (Å²) in [5.41, 5.74) is 0.909. The third-order valence-corrected chi connectivity index (χ3v) is 3.83. The molecule has 2 nitrogen and oxygen atoms in total. The summed E-state index contributed by atoms with van der Waals surface area (Å²) in [6.07, 6.45) is 0. The van der Waals surface area contributed by atoms with Gasteiger partial charge in [-0.05, 0) is 23.6 Å². The Balaban J connectivity index is 3.03. The molecule has 16 heavy (non-hydrogen) atoms. The lowest BCUT2D eigenvalue weighted by Crippen LogP contribution is -2.15. The van der Waals surface area contributed by atoms with Crippen molar-refractivity contribution >= 4 is 31.3 Å². The molecular weight excluding hydrogens is 267 g/mol. The van der Waals surface area contributed by atoms with Gasteiger partial charge in [0.05, 0.1) is 5.75 Å². The van der Waals surface area contributed by atoms with Crippen molar-refractivity contribution in [2.75, 3.05) is 5.75 Å². The Labute approximate surface area is 106 Å². The molecule has 1 atom stereocenters. The first-order valence-electron chi connectivity index (χ1n) is 4.97.